The van der Waals surface area contributed by atoms with Gasteiger partial charge in [-0.05, 0) is 18.7 Å². The molecule has 5 heteroatoms. The minimum Gasteiger partial charge on any atom is -0.491 e. The number of likely N-dealkylation sites (N-methyl/N-ethyl adjacent to an activating group) is 1. The van der Waals surface area contributed by atoms with Gasteiger partial charge in [0.05, 0.1) is 12.2 Å². The lowest BCUT2D eigenvalue weighted by atomic mass is 9.87. The fourth-order valence-corrected chi connectivity index (χ4v) is 2.36. The molecule has 0 aliphatic heterocycles. The molecule has 5 nitrogen and oxygen atoms in total. The van der Waals surface area contributed by atoms with Crippen molar-refractivity contribution in [3.63, 3.8) is 0 Å². The number of aliphatic hydroxyl groups excluding tert-OH is 3. The summed E-state index contributed by atoms with van der Waals surface area (Å²) in [6.45, 7) is 0.673. The lowest BCUT2D eigenvalue weighted by Gasteiger charge is -2.27. The summed E-state index contributed by atoms with van der Waals surface area (Å²) in [7, 11) is 1.77. The first-order valence-electron chi connectivity index (χ1n) is 6.54. The maximum atomic E-state index is 9.75. The van der Waals surface area contributed by atoms with Gasteiger partial charge in [0.15, 0.2) is 0 Å². The Hall–Kier alpha value is -1.14. The van der Waals surface area contributed by atoms with Crippen LogP contribution in [0.4, 0.5) is 0 Å². The van der Waals surface area contributed by atoms with E-state index in [1.54, 1.807) is 7.05 Å². The number of hydrogen-bond acceptors (Lipinski definition) is 5. The second-order valence-corrected chi connectivity index (χ2v) is 4.96. The highest BCUT2D eigenvalue weighted by Crippen LogP contribution is 2.30. The molecule has 2 rings (SSSR count). The van der Waals surface area contributed by atoms with Crippen molar-refractivity contribution in [2.24, 2.45) is 0 Å². The maximum Gasteiger partial charge on any atom is 0.123 e. The molecule has 4 N–H and O–H groups in total. The topological polar surface area (TPSA) is 82.0 Å². The predicted molar refractivity (Wildman–Crippen MR) is 71.3 cm³/mol. The monoisotopic (exact) mass is 267 g/mol. The molecule has 106 valence electrons. The van der Waals surface area contributed by atoms with Gasteiger partial charge in [0, 0.05) is 24.9 Å². The highest BCUT2D eigenvalue weighted by atomic mass is 16.5. The average Bonchev–Trinajstić information content (AvgIpc) is 2.38. The Morgan fingerprint density at radius 2 is 2.05 bits per heavy atom. The zero-order chi connectivity index (χ0) is 13.8. The maximum absolute atomic E-state index is 9.75. The Labute approximate surface area is 112 Å². The fraction of sp³-hybridized carbons (Fsp3) is 0.571. The van der Waals surface area contributed by atoms with E-state index in [-0.39, 0.29) is 6.61 Å². The molecule has 3 atom stereocenters. The number of nitrogens with one attached hydrogen (secondary N) is 1. The van der Waals surface area contributed by atoms with E-state index in [1.165, 1.54) is 0 Å². The zero-order valence-electron chi connectivity index (χ0n) is 11.0. The van der Waals surface area contributed by atoms with Crippen molar-refractivity contribution in [1.82, 2.24) is 5.32 Å². The summed E-state index contributed by atoms with van der Waals surface area (Å²) in [4.78, 5) is 0. The van der Waals surface area contributed by atoms with Gasteiger partial charge in [-0.2, -0.15) is 0 Å². The number of rotatable bonds is 5. The average molecular weight is 267 g/mol. The number of fused-ring (bicyclic) bond motifs is 1. The molecule has 0 aromatic heterocycles. The van der Waals surface area contributed by atoms with E-state index in [0.29, 0.717) is 25.1 Å². The van der Waals surface area contributed by atoms with Crippen LogP contribution in [0.1, 0.15) is 11.1 Å². The summed E-state index contributed by atoms with van der Waals surface area (Å²) in [5, 5.41) is 31.9. The van der Waals surface area contributed by atoms with Crippen molar-refractivity contribution in [2.45, 2.75) is 31.2 Å². The van der Waals surface area contributed by atoms with Crippen LogP contribution >= 0.6 is 0 Å². The zero-order valence-corrected chi connectivity index (χ0v) is 11.0. The summed E-state index contributed by atoms with van der Waals surface area (Å²) in [6.07, 6.45) is -1.21. The van der Waals surface area contributed by atoms with E-state index in [4.69, 9.17) is 4.74 Å². The molecular weight excluding hydrogens is 246 g/mol. The van der Waals surface area contributed by atoms with Gasteiger partial charge in [0.2, 0.25) is 0 Å². The van der Waals surface area contributed by atoms with Crippen LogP contribution in [0, 0.1) is 0 Å². The van der Waals surface area contributed by atoms with Crippen molar-refractivity contribution in [3.8, 4) is 5.75 Å². The highest BCUT2D eigenvalue weighted by Gasteiger charge is 2.27. The largest absolute Gasteiger partial charge is 0.491 e. The molecule has 0 spiro atoms. The van der Waals surface area contributed by atoms with Crippen LogP contribution < -0.4 is 10.1 Å². The molecule has 1 aromatic rings. The van der Waals surface area contributed by atoms with Gasteiger partial charge in [0.1, 0.15) is 18.5 Å². The van der Waals surface area contributed by atoms with E-state index < -0.39 is 18.3 Å². The number of benzene rings is 1. The van der Waals surface area contributed by atoms with Crippen LogP contribution in [0.25, 0.3) is 0 Å². The Kier molecular flexibility index (Phi) is 4.76. The van der Waals surface area contributed by atoms with Gasteiger partial charge in [-0.15, -0.1) is 0 Å². The fourth-order valence-electron chi connectivity index (χ4n) is 2.36. The summed E-state index contributed by atoms with van der Waals surface area (Å²) >= 11 is 0. The van der Waals surface area contributed by atoms with Crippen LogP contribution in [0.3, 0.4) is 0 Å². The van der Waals surface area contributed by atoms with Crippen molar-refractivity contribution >= 4 is 0 Å². The highest BCUT2D eigenvalue weighted by molar-refractivity contribution is 5.43. The Bertz CT molecular complexity index is 424. The predicted octanol–water partition coefficient (Wildman–Crippen LogP) is -0.534. The minimum absolute atomic E-state index is 0.204. The van der Waals surface area contributed by atoms with Crippen molar-refractivity contribution in [3.05, 3.63) is 29.3 Å². The van der Waals surface area contributed by atoms with Gasteiger partial charge in [-0.1, -0.05) is 12.1 Å². The van der Waals surface area contributed by atoms with Crippen LogP contribution in [0.5, 0.6) is 5.75 Å². The Morgan fingerprint density at radius 1 is 1.32 bits per heavy atom. The Morgan fingerprint density at radius 3 is 2.79 bits per heavy atom. The molecule has 1 aliphatic rings. The van der Waals surface area contributed by atoms with Crippen LogP contribution in [-0.2, 0) is 12.8 Å². The summed E-state index contributed by atoms with van der Waals surface area (Å²) < 4.78 is 5.62. The van der Waals surface area contributed by atoms with Crippen LogP contribution in [-0.4, -0.2) is 53.8 Å². The summed E-state index contributed by atoms with van der Waals surface area (Å²) in [6, 6.07) is 5.62. The van der Waals surface area contributed by atoms with E-state index in [1.807, 2.05) is 18.2 Å². The summed E-state index contributed by atoms with van der Waals surface area (Å²) in [5.41, 5.74) is 1.93. The number of ether oxygens (including phenoxy) is 1. The van der Waals surface area contributed by atoms with Gasteiger partial charge >= 0.3 is 0 Å². The first-order valence-corrected chi connectivity index (χ1v) is 6.54. The minimum atomic E-state index is -0.750. The van der Waals surface area contributed by atoms with E-state index in [0.717, 1.165) is 11.1 Å². The second-order valence-electron chi connectivity index (χ2n) is 4.96. The molecular formula is C14H21NO4. The summed E-state index contributed by atoms with van der Waals surface area (Å²) in [5.74, 6) is 0.679. The van der Waals surface area contributed by atoms with Crippen LogP contribution in [0.15, 0.2) is 18.2 Å². The van der Waals surface area contributed by atoms with E-state index in [2.05, 4.69) is 5.32 Å². The normalized spacial score (nSPS) is 23.8. The SMILES string of the molecule is CNC[C@H](O)COc1cccc2c1C[C@@H](O)[C@@H](O)C2. The third-order valence-electron chi connectivity index (χ3n) is 3.39. The van der Waals surface area contributed by atoms with E-state index in [9.17, 15) is 15.3 Å². The van der Waals surface area contributed by atoms with Crippen molar-refractivity contribution in [1.29, 1.82) is 0 Å². The lowest BCUT2D eigenvalue weighted by molar-refractivity contribution is 0.0132. The molecule has 1 aliphatic carbocycles. The molecule has 0 heterocycles. The first-order chi connectivity index (χ1) is 9.11. The molecule has 0 fully saturated rings. The molecule has 0 amide bonds. The van der Waals surface area contributed by atoms with Crippen molar-refractivity contribution in [2.75, 3.05) is 20.2 Å². The third kappa shape index (κ3) is 3.45. The quantitative estimate of drug-likeness (QED) is 0.576. The molecule has 0 saturated carbocycles. The Balaban J connectivity index is 2.08. The molecule has 19 heavy (non-hydrogen) atoms. The lowest BCUT2D eigenvalue weighted by Crippen LogP contribution is -2.35. The molecule has 0 bridgehead atoms. The smallest absolute Gasteiger partial charge is 0.123 e. The van der Waals surface area contributed by atoms with Crippen molar-refractivity contribution < 1.29 is 20.1 Å². The number of aliphatic hydroxyl groups is 3. The van der Waals surface area contributed by atoms with E-state index >= 15 is 0 Å². The van der Waals surface area contributed by atoms with Gasteiger partial charge in [-0.25, -0.2) is 0 Å². The second kappa shape index (κ2) is 6.34. The molecule has 0 unspecified atom stereocenters. The standard InChI is InChI=1S/C14H21NO4/c1-15-7-10(16)8-19-14-4-2-3-9-5-12(17)13(18)6-11(9)14/h2-4,10,12-13,15-18H,5-8H2,1H3/t10-,12-,13+/m0/s1. The molecule has 1 aromatic carbocycles. The van der Waals surface area contributed by atoms with Crippen LogP contribution in [0.2, 0.25) is 0 Å². The number of hydrogen-bond donors (Lipinski definition) is 4. The molecule has 0 radical (unpaired) electrons. The van der Waals surface area contributed by atoms with Gasteiger partial charge in [0.25, 0.3) is 0 Å². The van der Waals surface area contributed by atoms with Gasteiger partial charge in [-0.3, -0.25) is 0 Å². The van der Waals surface area contributed by atoms with Gasteiger partial charge < -0.3 is 25.4 Å². The molecule has 0 saturated heterocycles. The third-order valence-corrected chi connectivity index (χ3v) is 3.39. The first kappa shape index (κ1) is 14.3.